The van der Waals surface area contributed by atoms with E-state index in [1.807, 2.05) is 26.0 Å². The predicted molar refractivity (Wildman–Crippen MR) is 85.0 cm³/mol. The van der Waals surface area contributed by atoms with Crippen LogP contribution in [0.25, 0.3) is 0 Å². The van der Waals surface area contributed by atoms with Crippen molar-refractivity contribution < 1.29 is 14.3 Å². The smallest absolute Gasteiger partial charge is 0.251 e. The highest BCUT2D eigenvalue weighted by molar-refractivity contribution is 5.94. The molecule has 1 N–H and O–H groups in total. The van der Waals surface area contributed by atoms with Crippen LogP contribution < -0.4 is 10.1 Å². The third kappa shape index (κ3) is 6.63. The van der Waals surface area contributed by atoms with Gasteiger partial charge in [-0.05, 0) is 50.5 Å². The van der Waals surface area contributed by atoms with Gasteiger partial charge in [0.2, 0.25) is 0 Å². The molecule has 0 spiro atoms. The second kappa shape index (κ2) is 10.2. The Balaban J connectivity index is 2.30. The number of aryl methyl sites for hydroxylation is 1. The number of amides is 1. The lowest BCUT2D eigenvalue weighted by Gasteiger charge is -2.10. The fourth-order valence-corrected chi connectivity index (χ4v) is 1.93. The minimum atomic E-state index is -0.0466. The van der Waals surface area contributed by atoms with E-state index < -0.39 is 0 Å². The van der Waals surface area contributed by atoms with Crippen molar-refractivity contribution in [1.82, 2.24) is 5.32 Å². The topological polar surface area (TPSA) is 47.6 Å². The zero-order valence-electron chi connectivity index (χ0n) is 13.4. The quantitative estimate of drug-likeness (QED) is 0.673. The Labute approximate surface area is 127 Å². The number of nitrogens with one attached hydrogen (secondary N) is 1. The van der Waals surface area contributed by atoms with Gasteiger partial charge in [0.25, 0.3) is 5.91 Å². The molecule has 4 heteroatoms. The van der Waals surface area contributed by atoms with E-state index in [0.29, 0.717) is 25.3 Å². The number of carbonyl (C=O) groups is 1. The summed E-state index contributed by atoms with van der Waals surface area (Å²) in [7, 11) is 0. The van der Waals surface area contributed by atoms with Crippen LogP contribution in [0.4, 0.5) is 0 Å². The molecule has 0 saturated carbocycles. The highest BCUT2D eigenvalue weighted by Crippen LogP contribution is 2.18. The summed E-state index contributed by atoms with van der Waals surface area (Å²) in [6.45, 7) is 8.81. The number of carbonyl (C=O) groups excluding carboxylic acids is 1. The average molecular weight is 293 g/mol. The van der Waals surface area contributed by atoms with E-state index in [9.17, 15) is 4.79 Å². The van der Waals surface area contributed by atoms with Gasteiger partial charge in [0.15, 0.2) is 0 Å². The SMILES string of the molecule is CCCCOCCCNC(=O)c1ccc(OCC)c(C)c1. The minimum Gasteiger partial charge on any atom is -0.494 e. The summed E-state index contributed by atoms with van der Waals surface area (Å²) >= 11 is 0. The van der Waals surface area contributed by atoms with E-state index in [4.69, 9.17) is 9.47 Å². The van der Waals surface area contributed by atoms with E-state index in [1.165, 1.54) is 0 Å². The van der Waals surface area contributed by atoms with Gasteiger partial charge >= 0.3 is 0 Å². The van der Waals surface area contributed by atoms with Gasteiger partial charge in [-0.15, -0.1) is 0 Å². The number of ether oxygens (including phenoxy) is 2. The first-order chi connectivity index (χ1) is 10.2. The summed E-state index contributed by atoms with van der Waals surface area (Å²) in [5.74, 6) is 0.785. The molecule has 0 aromatic heterocycles. The van der Waals surface area contributed by atoms with Crippen LogP contribution in [0.2, 0.25) is 0 Å². The third-order valence-corrected chi connectivity index (χ3v) is 3.13. The summed E-state index contributed by atoms with van der Waals surface area (Å²) in [6, 6.07) is 5.50. The van der Waals surface area contributed by atoms with Gasteiger partial charge in [-0.25, -0.2) is 0 Å². The van der Waals surface area contributed by atoms with Gasteiger partial charge in [0.05, 0.1) is 6.61 Å². The lowest BCUT2D eigenvalue weighted by Crippen LogP contribution is -2.25. The Morgan fingerprint density at radius 3 is 2.62 bits per heavy atom. The Morgan fingerprint density at radius 2 is 1.95 bits per heavy atom. The average Bonchev–Trinajstić information content (AvgIpc) is 2.48. The fraction of sp³-hybridized carbons (Fsp3) is 0.588. The Hall–Kier alpha value is -1.55. The van der Waals surface area contributed by atoms with E-state index in [1.54, 1.807) is 6.07 Å². The summed E-state index contributed by atoms with van der Waals surface area (Å²) in [5.41, 5.74) is 1.65. The Morgan fingerprint density at radius 1 is 1.19 bits per heavy atom. The van der Waals surface area contributed by atoms with Crippen LogP contribution in [0, 0.1) is 6.92 Å². The van der Waals surface area contributed by atoms with Gasteiger partial charge < -0.3 is 14.8 Å². The van der Waals surface area contributed by atoms with Crippen LogP contribution >= 0.6 is 0 Å². The summed E-state index contributed by atoms with van der Waals surface area (Å²) in [6.07, 6.45) is 3.08. The summed E-state index contributed by atoms with van der Waals surface area (Å²) in [5, 5.41) is 2.91. The van der Waals surface area contributed by atoms with Crippen molar-refractivity contribution in [2.24, 2.45) is 0 Å². The van der Waals surface area contributed by atoms with Crippen LogP contribution in [-0.4, -0.2) is 32.3 Å². The third-order valence-electron chi connectivity index (χ3n) is 3.13. The lowest BCUT2D eigenvalue weighted by atomic mass is 10.1. The maximum atomic E-state index is 12.0. The van der Waals surface area contributed by atoms with Crippen molar-refractivity contribution >= 4 is 5.91 Å². The molecule has 0 fully saturated rings. The van der Waals surface area contributed by atoms with E-state index >= 15 is 0 Å². The number of hydrogen-bond acceptors (Lipinski definition) is 3. The standard InChI is InChI=1S/C17H27NO3/c1-4-6-11-20-12-7-10-18-17(19)15-8-9-16(21-5-2)14(3)13-15/h8-9,13H,4-7,10-12H2,1-3H3,(H,18,19). The highest BCUT2D eigenvalue weighted by atomic mass is 16.5. The fourth-order valence-electron chi connectivity index (χ4n) is 1.93. The number of unbranched alkanes of at least 4 members (excludes halogenated alkanes) is 1. The molecular formula is C17H27NO3. The molecular weight excluding hydrogens is 266 g/mol. The monoisotopic (exact) mass is 293 g/mol. The Kier molecular flexibility index (Phi) is 8.51. The molecule has 0 bridgehead atoms. The van der Waals surface area contributed by atoms with Gasteiger partial charge in [-0.1, -0.05) is 13.3 Å². The van der Waals surface area contributed by atoms with Gasteiger partial charge in [-0.3, -0.25) is 4.79 Å². The van der Waals surface area contributed by atoms with Crippen molar-refractivity contribution in [3.63, 3.8) is 0 Å². The molecule has 1 aromatic rings. The number of benzene rings is 1. The maximum Gasteiger partial charge on any atom is 0.251 e. The second-order valence-electron chi connectivity index (χ2n) is 4.99. The van der Waals surface area contributed by atoms with Crippen LogP contribution in [0.5, 0.6) is 5.75 Å². The molecule has 21 heavy (non-hydrogen) atoms. The van der Waals surface area contributed by atoms with Crippen molar-refractivity contribution in [3.05, 3.63) is 29.3 Å². The van der Waals surface area contributed by atoms with Crippen molar-refractivity contribution in [1.29, 1.82) is 0 Å². The van der Waals surface area contributed by atoms with Crippen molar-refractivity contribution in [3.8, 4) is 5.75 Å². The molecule has 0 aliphatic rings. The normalized spacial score (nSPS) is 10.4. The molecule has 0 radical (unpaired) electrons. The van der Waals surface area contributed by atoms with Gasteiger partial charge in [-0.2, -0.15) is 0 Å². The molecule has 118 valence electrons. The molecule has 0 aliphatic carbocycles. The zero-order valence-corrected chi connectivity index (χ0v) is 13.4. The van der Waals surface area contributed by atoms with Crippen LogP contribution in [0.1, 0.15) is 49.0 Å². The number of rotatable bonds is 10. The molecule has 0 heterocycles. The van der Waals surface area contributed by atoms with Crippen LogP contribution in [0.15, 0.2) is 18.2 Å². The predicted octanol–water partition coefficient (Wildman–Crippen LogP) is 3.33. The van der Waals surface area contributed by atoms with Crippen LogP contribution in [0.3, 0.4) is 0 Å². The number of hydrogen-bond donors (Lipinski definition) is 1. The molecule has 1 amide bonds. The largest absolute Gasteiger partial charge is 0.494 e. The lowest BCUT2D eigenvalue weighted by molar-refractivity contribution is 0.0940. The van der Waals surface area contributed by atoms with Gasteiger partial charge in [0, 0.05) is 25.3 Å². The summed E-state index contributed by atoms with van der Waals surface area (Å²) < 4.78 is 10.9. The van der Waals surface area contributed by atoms with E-state index in [2.05, 4.69) is 12.2 Å². The molecule has 0 atom stereocenters. The van der Waals surface area contributed by atoms with E-state index in [-0.39, 0.29) is 5.91 Å². The minimum absolute atomic E-state index is 0.0466. The zero-order chi connectivity index (χ0) is 15.5. The first kappa shape index (κ1) is 17.5. The molecule has 0 aliphatic heterocycles. The second-order valence-corrected chi connectivity index (χ2v) is 4.99. The Bertz CT molecular complexity index is 432. The molecule has 0 saturated heterocycles. The first-order valence-corrected chi connectivity index (χ1v) is 7.78. The van der Waals surface area contributed by atoms with Gasteiger partial charge in [0.1, 0.15) is 5.75 Å². The molecule has 1 aromatic carbocycles. The van der Waals surface area contributed by atoms with Crippen molar-refractivity contribution in [2.75, 3.05) is 26.4 Å². The molecule has 1 rings (SSSR count). The summed E-state index contributed by atoms with van der Waals surface area (Å²) in [4.78, 5) is 12.0. The highest BCUT2D eigenvalue weighted by Gasteiger charge is 2.07. The van der Waals surface area contributed by atoms with Crippen molar-refractivity contribution in [2.45, 2.75) is 40.0 Å². The first-order valence-electron chi connectivity index (χ1n) is 7.78. The van der Waals surface area contributed by atoms with Crippen LogP contribution in [-0.2, 0) is 4.74 Å². The molecule has 0 unspecified atom stereocenters. The maximum absolute atomic E-state index is 12.0. The molecule has 4 nitrogen and oxygen atoms in total. The van der Waals surface area contributed by atoms with E-state index in [0.717, 1.165) is 37.2 Å².